The van der Waals surface area contributed by atoms with Crippen molar-refractivity contribution in [1.82, 2.24) is 14.4 Å². The predicted molar refractivity (Wildman–Crippen MR) is 133 cm³/mol. The van der Waals surface area contributed by atoms with Gasteiger partial charge in [0.25, 0.3) is 11.8 Å². The zero-order valence-corrected chi connectivity index (χ0v) is 19.5. The molecule has 0 aliphatic carbocycles. The van der Waals surface area contributed by atoms with E-state index in [-0.39, 0.29) is 11.8 Å². The summed E-state index contributed by atoms with van der Waals surface area (Å²) in [5.74, 6) is 0.724. The first-order valence-electron chi connectivity index (χ1n) is 11.3. The van der Waals surface area contributed by atoms with Crippen molar-refractivity contribution in [3.63, 3.8) is 0 Å². The Balaban J connectivity index is 1.16. The fourth-order valence-electron chi connectivity index (χ4n) is 4.03. The van der Waals surface area contributed by atoms with Crippen molar-refractivity contribution in [2.45, 2.75) is 6.61 Å². The Morgan fingerprint density at radius 2 is 1.41 bits per heavy atom. The maximum Gasteiger partial charge on any atom is 0.266 e. The van der Waals surface area contributed by atoms with Gasteiger partial charge in [0.1, 0.15) is 17.2 Å². The van der Waals surface area contributed by atoms with E-state index in [1.54, 1.807) is 12.1 Å². The van der Waals surface area contributed by atoms with Gasteiger partial charge in [-0.25, -0.2) is 0 Å². The number of carbonyl (C=O) groups is 2. The standard InChI is InChI=1S/C27H25N3O3S/c31-26(22-8-10-23(11-9-22)33-20-21-6-2-1-3-7-21)29-15-17-30(18-16-29)27(32)25-24(12-19-34-25)28-13-4-5-14-28/h1-14,19H,15-18,20H2. The van der Waals surface area contributed by atoms with Crippen LogP contribution in [0, 0.1) is 0 Å². The van der Waals surface area contributed by atoms with E-state index < -0.39 is 0 Å². The number of aromatic nitrogens is 1. The molecule has 1 fully saturated rings. The molecule has 34 heavy (non-hydrogen) atoms. The molecule has 0 bridgehead atoms. The molecule has 4 aromatic rings. The summed E-state index contributed by atoms with van der Waals surface area (Å²) >= 11 is 1.45. The van der Waals surface area contributed by atoms with Crippen LogP contribution in [0.4, 0.5) is 0 Å². The van der Waals surface area contributed by atoms with E-state index in [1.165, 1.54) is 11.3 Å². The SMILES string of the molecule is O=C(c1ccc(OCc2ccccc2)cc1)N1CCN(C(=O)c2sccc2-n2cccc2)CC1. The minimum Gasteiger partial charge on any atom is -0.489 e. The van der Waals surface area contributed by atoms with Gasteiger partial charge in [0.05, 0.1) is 5.69 Å². The molecule has 0 unspecified atom stereocenters. The maximum atomic E-state index is 13.1. The predicted octanol–water partition coefficient (Wildman–Crippen LogP) is 4.72. The maximum absolute atomic E-state index is 13.1. The first kappa shape index (κ1) is 22.0. The normalized spacial score (nSPS) is 13.6. The lowest BCUT2D eigenvalue weighted by Crippen LogP contribution is -2.50. The lowest BCUT2D eigenvalue weighted by Gasteiger charge is -2.34. The number of rotatable bonds is 6. The van der Waals surface area contributed by atoms with Gasteiger partial charge in [-0.05, 0) is 53.4 Å². The number of carbonyl (C=O) groups excluding carboxylic acids is 2. The molecule has 2 aromatic heterocycles. The molecule has 172 valence electrons. The second-order valence-corrected chi connectivity index (χ2v) is 9.02. The monoisotopic (exact) mass is 471 g/mol. The van der Waals surface area contributed by atoms with Crippen LogP contribution in [-0.4, -0.2) is 52.4 Å². The third-order valence-corrected chi connectivity index (χ3v) is 6.82. The molecule has 1 saturated heterocycles. The zero-order valence-electron chi connectivity index (χ0n) is 18.7. The Morgan fingerprint density at radius 3 is 2.09 bits per heavy atom. The molecule has 0 radical (unpaired) electrons. The zero-order chi connectivity index (χ0) is 23.3. The van der Waals surface area contributed by atoms with E-state index in [2.05, 4.69) is 0 Å². The van der Waals surface area contributed by atoms with Crippen LogP contribution in [0.25, 0.3) is 5.69 Å². The van der Waals surface area contributed by atoms with E-state index in [9.17, 15) is 9.59 Å². The lowest BCUT2D eigenvalue weighted by atomic mass is 10.1. The molecule has 2 aromatic carbocycles. The van der Waals surface area contributed by atoms with Crippen molar-refractivity contribution in [2.24, 2.45) is 0 Å². The first-order chi connectivity index (χ1) is 16.7. The number of hydrogen-bond donors (Lipinski definition) is 0. The van der Waals surface area contributed by atoms with E-state index in [0.29, 0.717) is 38.3 Å². The summed E-state index contributed by atoms with van der Waals surface area (Å²) in [6.45, 7) is 2.56. The highest BCUT2D eigenvalue weighted by atomic mass is 32.1. The molecule has 3 heterocycles. The molecule has 5 rings (SSSR count). The fraction of sp³-hybridized carbons (Fsp3) is 0.185. The van der Waals surface area contributed by atoms with Crippen molar-refractivity contribution >= 4 is 23.2 Å². The number of amides is 2. The lowest BCUT2D eigenvalue weighted by molar-refractivity contribution is 0.0538. The highest BCUT2D eigenvalue weighted by Gasteiger charge is 2.27. The Kier molecular flexibility index (Phi) is 6.44. The van der Waals surface area contributed by atoms with Gasteiger partial charge < -0.3 is 19.1 Å². The Hall–Kier alpha value is -3.84. The largest absolute Gasteiger partial charge is 0.489 e. The summed E-state index contributed by atoms with van der Waals surface area (Å²) in [4.78, 5) is 30.5. The van der Waals surface area contributed by atoms with Crippen LogP contribution in [0.15, 0.2) is 90.6 Å². The molecule has 7 heteroatoms. The molecule has 2 amide bonds. The molecule has 0 saturated carbocycles. The highest BCUT2D eigenvalue weighted by molar-refractivity contribution is 7.12. The minimum absolute atomic E-state index is 0.0192. The average molecular weight is 472 g/mol. The van der Waals surface area contributed by atoms with Gasteiger partial charge in [0.2, 0.25) is 0 Å². The van der Waals surface area contributed by atoms with Crippen molar-refractivity contribution < 1.29 is 14.3 Å². The van der Waals surface area contributed by atoms with Gasteiger partial charge >= 0.3 is 0 Å². The Morgan fingerprint density at radius 1 is 0.765 bits per heavy atom. The van der Waals surface area contributed by atoms with Crippen molar-refractivity contribution in [1.29, 1.82) is 0 Å². The number of thiophene rings is 1. The quantitative estimate of drug-likeness (QED) is 0.409. The molecular weight excluding hydrogens is 446 g/mol. The summed E-state index contributed by atoms with van der Waals surface area (Å²) in [6, 6.07) is 23.1. The van der Waals surface area contributed by atoms with Crippen LogP contribution in [0.2, 0.25) is 0 Å². The first-order valence-corrected chi connectivity index (χ1v) is 12.1. The smallest absolute Gasteiger partial charge is 0.266 e. The second kappa shape index (κ2) is 9.97. The summed E-state index contributed by atoms with van der Waals surface area (Å²) < 4.78 is 7.77. The second-order valence-electron chi connectivity index (χ2n) is 8.11. The third-order valence-electron chi connectivity index (χ3n) is 5.92. The number of hydrogen-bond acceptors (Lipinski definition) is 4. The van der Waals surface area contributed by atoms with E-state index >= 15 is 0 Å². The number of nitrogens with zero attached hydrogens (tertiary/aromatic N) is 3. The molecule has 0 atom stereocenters. The van der Waals surface area contributed by atoms with E-state index in [4.69, 9.17) is 4.74 Å². The Labute approximate surface area is 202 Å². The van der Waals surface area contributed by atoms with Gasteiger partial charge in [-0.15, -0.1) is 11.3 Å². The highest BCUT2D eigenvalue weighted by Crippen LogP contribution is 2.24. The Bertz CT molecular complexity index is 1240. The molecule has 0 spiro atoms. The molecular formula is C27H25N3O3S. The van der Waals surface area contributed by atoms with Crippen molar-refractivity contribution in [3.05, 3.63) is 107 Å². The van der Waals surface area contributed by atoms with Crippen LogP contribution in [0.5, 0.6) is 5.75 Å². The minimum atomic E-state index is -0.0223. The average Bonchev–Trinajstić information content (AvgIpc) is 3.60. The summed E-state index contributed by atoms with van der Waals surface area (Å²) in [6.07, 6.45) is 3.88. The van der Waals surface area contributed by atoms with Crippen LogP contribution in [-0.2, 0) is 6.61 Å². The summed E-state index contributed by atoms with van der Waals surface area (Å²) in [5.41, 5.74) is 2.62. The van der Waals surface area contributed by atoms with Crippen LogP contribution in [0.3, 0.4) is 0 Å². The fourth-order valence-corrected chi connectivity index (χ4v) is 4.89. The number of piperazine rings is 1. The molecule has 0 N–H and O–H groups in total. The van der Waals surface area contributed by atoms with E-state index in [1.807, 2.05) is 92.8 Å². The van der Waals surface area contributed by atoms with Gasteiger partial charge in [-0.1, -0.05) is 30.3 Å². The van der Waals surface area contributed by atoms with Gasteiger partial charge in [0, 0.05) is 44.1 Å². The topological polar surface area (TPSA) is 54.8 Å². The number of benzene rings is 2. The van der Waals surface area contributed by atoms with E-state index in [0.717, 1.165) is 21.9 Å². The molecule has 6 nitrogen and oxygen atoms in total. The third kappa shape index (κ3) is 4.75. The molecule has 1 aliphatic rings. The van der Waals surface area contributed by atoms with Crippen LogP contribution < -0.4 is 4.74 Å². The van der Waals surface area contributed by atoms with Crippen molar-refractivity contribution in [2.75, 3.05) is 26.2 Å². The molecule has 1 aliphatic heterocycles. The van der Waals surface area contributed by atoms with Crippen molar-refractivity contribution in [3.8, 4) is 11.4 Å². The van der Waals surface area contributed by atoms with Gasteiger partial charge in [-0.3, -0.25) is 9.59 Å². The van der Waals surface area contributed by atoms with Gasteiger partial charge in [-0.2, -0.15) is 0 Å². The number of ether oxygens (including phenoxy) is 1. The van der Waals surface area contributed by atoms with Crippen LogP contribution in [0.1, 0.15) is 25.6 Å². The van der Waals surface area contributed by atoms with Crippen LogP contribution >= 0.6 is 11.3 Å². The van der Waals surface area contributed by atoms with Gasteiger partial charge in [0.15, 0.2) is 0 Å². The summed E-state index contributed by atoms with van der Waals surface area (Å²) in [7, 11) is 0. The summed E-state index contributed by atoms with van der Waals surface area (Å²) in [5, 5.41) is 1.94.